The van der Waals surface area contributed by atoms with Crippen LogP contribution >= 0.6 is 0 Å². The lowest BCUT2D eigenvalue weighted by Gasteiger charge is -2.39. The molecular weight excluding hydrogens is 476 g/mol. The third kappa shape index (κ3) is 5.95. The van der Waals surface area contributed by atoms with Crippen LogP contribution in [0.25, 0.3) is 0 Å². The van der Waals surface area contributed by atoms with Crippen molar-refractivity contribution in [2.24, 2.45) is 0 Å². The van der Waals surface area contributed by atoms with Gasteiger partial charge in [-0.25, -0.2) is 8.42 Å². The Kier molecular flexibility index (Phi) is 10.9. The Hall–Kier alpha value is -0.830. The van der Waals surface area contributed by atoms with Crippen molar-refractivity contribution in [1.82, 2.24) is 0 Å². The van der Waals surface area contributed by atoms with E-state index in [-0.39, 0.29) is 0 Å². The number of quaternary nitrogens is 1. The monoisotopic (exact) mass is 503 g/mol. The van der Waals surface area contributed by atoms with Gasteiger partial charge in [-0.05, 0) is 27.7 Å². The summed E-state index contributed by atoms with van der Waals surface area (Å²) >= 11 is 0. The summed E-state index contributed by atoms with van der Waals surface area (Å²) in [5.74, 6) is -28.0. The van der Waals surface area contributed by atoms with Gasteiger partial charge in [0.15, 0.2) is 10.1 Å². The third-order valence-corrected chi connectivity index (χ3v) is 6.06. The first-order valence-electron chi connectivity index (χ1n) is 9.25. The van der Waals surface area contributed by atoms with Gasteiger partial charge in [-0.2, -0.15) is 43.9 Å². The Morgan fingerprint density at radius 3 is 1.16 bits per heavy atom. The number of rotatable bonds is 11. The number of hydrogen-bond acceptors (Lipinski definition) is 3. The number of halogens is 10. The molecule has 0 aromatic carbocycles. The molecule has 0 saturated carbocycles. The molecule has 0 atom stereocenters. The van der Waals surface area contributed by atoms with Crippen LogP contribution in [0.15, 0.2) is 0 Å². The fourth-order valence-electron chi connectivity index (χ4n) is 2.58. The Bertz CT molecular complexity index is 647. The molecule has 0 aliphatic heterocycles. The van der Waals surface area contributed by atoms with Crippen molar-refractivity contribution < 1.29 is 61.4 Å². The molecule has 15 heteroatoms. The van der Waals surface area contributed by atoms with E-state index in [4.69, 9.17) is 0 Å². The van der Waals surface area contributed by atoms with E-state index in [1.807, 2.05) is 0 Å². The van der Waals surface area contributed by atoms with E-state index in [0.717, 1.165) is 6.92 Å². The highest BCUT2D eigenvalue weighted by Gasteiger charge is 2.87. The Morgan fingerprint density at radius 1 is 0.645 bits per heavy atom. The van der Waals surface area contributed by atoms with Crippen molar-refractivity contribution >= 4 is 10.1 Å². The van der Waals surface area contributed by atoms with Gasteiger partial charge in [0.05, 0.1) is 26.2 Å². The summed E-state index contributed by atoms with van der Waals surface area (Å²) in [5.41, 5.74) is 0. The second-order valence-corrected chi connectivity index (χ2v) is 8.18. The molecule has 0 bridgehead atoms. The van der Waals surface area contributed by atoms with E-state index in [1.54, 1.807) is 0 Å². The molecule has 0 saturated heterocycles. The summed E-state index contributed by atoms with van der Waals surface area (Å²) in [6, 6.07) is 0. The highest BCUT2D eigenvalue weighted by Crippen LogP contribution is 2.58. The first-order chi connectivity index (χ1) is 13.6. The Labute approximate surface area is 174 Å². The number of nitrogens with zero attached hydrogens (tertiary/aromatic N) is 1. The summed E-state index contributed by atoms with van der Waals surface area (Å²) in [6.45, 7) is 15.0. The van der Waals surface area contributed by atoms with Gasteiger partial charge in [-0.1, -0.05) is 13.3 Å². The second kappa shape index (κ2) is 10.4. The zero-order valence-corrected chi connectivity index (χ0v) is 18.4. The predicted octanol–water partition coefficient (Wildman–Crippen LogP) is 5.35. The van der Waals surface area contributed by atoms with Crippen LogP contribution in [-0.2, 0) is 10.1 Å². The molecule has 0 radical (unpaired) electrons. The van der Waals surface area contributed by atoms with E-state index in [9.17, 15) is 56.9 Å². The van der Waals surface area contributed by atoms with Gasteiger partial charge < -0.3 is 9.04 Å². The van der Waals surface area contributed by atoms with Crippen LogP contribution in [0.4, 0.5) is 43.9 Å². The molecule has 31 heavy (non-hydrogen) atoms. The normalized spacial score (nSPS) is 14.8. The van der Waals surface area contributed by atoms with E-state index in [0.29, 0.717) is 0 Å². The minimum absolute atomic E-state index is 0.775. The van der Waals surface area contributed by atoms with Gasteiger partial charge in [-0.15, -0.1) is 0 Å². The zero-order chi connectivity index (χ0) is 25.7. The quantitative estimate of drug-likeness (QED) is 0.217. The number of hydrogen-bond donors (Lipinski definition) is 0. The minimum atomic E-state index is -7.58. The molecule has 0 unspecified atom stereocenters. The standard InChI is InChI=1S/C8H8F10O3S.C8H20N/c1-2-3-4(9,10)5(11,12)6(13,14)7(15,16)8(17,18)22(19,20)21;1-5-9(6-2,7-3)8-4/h2-3H2,1H3,(H,19,20,21);5-8H2,1-4H3/q;+1/p-1. The molecule has 0 amide bonds. The third-order valence-electron chi connectivity index (χ3n) is 5.17. The average Bonchev–Trinajstić information content (AvgIpc) is 2.63. The van der Waals surface area contributed by atoms with Crippen molar-refractivity contribution in [3.8, 4) is 0 Å². The maximum absolute atomic E-state index is 13.0. The minimum Gasteiger partial charge on any atom is -0.743 e. The SMILES string of the molecule is CCCC(F)(F)C(F)(F)C(F)(F)C(F)(F)C(F)(F)S(=O)(=O)[O-].CC[N+](CC)(CC)CC. The molecule has 0 heterocycles. The summed E-state index contributed by atoms with van der Waals surface area (Å²) in [6.07, 6.45) is -3.00. The highest BCUT2D eigenvalue weighted by molar-refractivity contribution is 7.86. The molecule has 0 N–H and O–H groups in total. The molecular formula is C16H27F10NO3S. The number of alkyl halides is 10. The molecule has 190 valence electrons. The summed E-state index contributed by atoms with van der Waals surface area (Å²) in [7, 11) is -7.55. The van der Waals surface area contributed by atoms with E-state index in [2.05, 4.69) is 27.7 Å². The largest absolute Gasteiger partial charge is 0.743 e. The second-order valence-electron chi connectivity index (χ2n) is 6.76. The van der Waals surface area contributed by atoms with Crippen LogP contribution in [0.5, 0.6) is 0 Å². The van der Waals surface area contributed by atoms with Gasteiger partial charge in [0.2, 0.25) is 0 Å². The fraction of sp³-hybridized carbons (Fsp3) is 1.00. The molecule has 0 rings (SSSR count). The van der Waals surface area contributed by atoms with Gasteiger partial charge in [0.1, 0.15) is 0 Å². The lowest BCUT2D eigenvalue weighted by molar-refractivity contribution is -0.921. The van der Waals surface area contributed by atoms with Crippen LogP contribution in [0.1, 0.15) is 47.5 Å². The van der Waals surface area contributed by atoms with Gasteiger partial charge in [-0.3, -0.25) is 0 Å². The van der Waals surface area contributed by atoms with E-state index < -0.39 is 51.9 Å². The fourth-order valence-corrected chi connectivity index (χ4v) is 3.02. The van der Waals surface area contributed by atoms with Crippen molar-refractivity contribution in [1.29, 1.82) is 0 Å². The first kappa shape index (κ1) is 32.4. The van der Waals surface area contributed by atoms with Gasteiger partial charge >= 0.3 is 28.9 Å². The maximum Gasteiger partial charge on any atom is 0.402 e. The lowest BCUT2D eigenvalue weighted by atomic mass is 9.96. The van der Waals surface area contributed by atoms with Crippen molar-refractivity contribution in [2.75, 3.05) is 26.2 Å². The zero-order valence-electron chi connectivity index (χ0n) is 17.6. The highest BCUT2D eigenvalue weighted by atomic mass is 32.2. The van der Waals surface area contributed by atoms with Crippen molar-refractivity contribution in [3.05, 3.63) is 0 Å². The summed E-state index contributed by atoms with van der Waals surface area (Å²) in [5, 5.41) is -7.24. The van der Waals surface area contributed by atoms with Crippen LogP contribution in [-0.4, -0.2) is 72.6 Å². The summed E-state index contributed by atoms with van der Waals surface area (Å²) in [4.78, 5) is 0. The average molecular weight is 503 g/mol. The molecule has 0 spiro atoms. The topological polar surface area (TPSA) is 57.2 Å². The van der Waals surface area contributed by atoms with E-state index in [1.165, 1.54) is 30.7 Å². The first-order valence-corrected chi connectivity index (χ1v) is 10.7. The smallest absolute Gasteiger partial charge is 0.402 e. The molecule has 0 aromatic rings. The van der Waals surface area contributed by atoms with Crippen LogP contribution in [0.2, 0.25) is 0 Å². The Balaban J connectivity index is 0. The van der Waals surface area contributed by atoms with Crippen molar-refractivity contribution in [3.63, 3.8) is 0 Å². The maximum atomic E-state index is 13.0. The summed E-state index contributed by atoms with van der Waals surface area (Å²) < 4.78 is 159. The van der Waals surface area contributed by atoms with Crippen molar-refractivity contribution in [2.45, 2.75) is 76.4 Å². The molecule has 0 aliphatic rings. The van der Waals surface area contributed by atoms with Crippen LogP contribution in [0.3, 0.4) is 0 Å². The van der Waals surface area contributed by atoms with Crippen LogP contribution in [0, 0.1) is 0 Å². The molecule has 0 aromatic heterocycles. The Morgan fingerprint density at radius 2 is 0.968 bits per heavy atom. The molecule has 4 nitrogen and oxygen atoms in total. The van der Waals surface area contributed by atoms with E-state index >= 15 is 0 Å². The molecule has 0 aliphatic carbocycles. The van der Waals surface area contributed by atoms with Gasteiger partial charge in [0, 0.05) is 6.42 Å². The molecule has 0 fully saturated rings. The van der Waals surface area contributed by atoms with Crippen LogP contribution < -0.4 is 0 Å². The van der Waals surface area contributed by atoms with Gasteiger partial charge in [0.25, 0.3) is 0 Å². The lowest BCUT2D eigenvalue weighted by Crippen LogP contribution is -2.68. The predicted molar refractivity (Wildman–Crippen MR) is 91.8 cm³/mol.